The van der Waals surface area contributed by atoms with Gasteiger partial charge in [-0.05, 0) is 45.3 Å². The fourth-order valence-electron chi connectivity index (χ4n) is 2.20. The van der Waals surface area contributed by atoms with E-state index in [1.54, 1.807) is 0 Å². The first-order chi connectivity index (χ1) is 7.70. The Bertz CT molecular complexity index is 173. The maximum atomic E-state index is 5.64. The molecule has 0 saturated carbocycles. The Hall–Kier alpha value is -0.120. The molecule has 96 valence electrons. The van der Waals surface area contributed by atoms with Gasteiger partial charge in [0.15, 0.2) is 0 Å². The monoisotopic (exact) mass is 228 g/mol. The van der Waals surface area contributed by atoms with Gasteiger partial charge in [-0.15, -0.1) is 0 Å². The summed E-state index contributed by atoms with van der Waals surface area (Å²) in [5.74, 6) is 0.729. The second-order valence-electron chi connectivity index (χ2n) is 5.28. The first kappa shape index (κ1) is 13.9. The number of nitrogens with one attached hydrogen (secondary N) is 1. The minimum absolute atomic E-state index is 0.729. The fourth-order valence-corrected chi connectivity index (χ4v) is 2.20. The van der Waals surface area contributed by atoms with E-state index >= 15 is 0 Å². The molecule has 0 bridgehead atoms. The smallest absolute Gasteiger partial charge is 0.0590 e. The van der Waals surface area contributed by atoms with Crippen molar-refractivity contribution in [3.63, 3.8) is 0 Å². The van der Waals surface area contributed by atoms with Crippen LogP contribution in [0.25, 0.3) is 0 Å². The van der Waals surface area contributed by atoms with Crippen molar-refractivity contribution in [3.05, 3.63) is 0 Å². The largest absolute Gasteiger partial charge is 0.380 e. The molecule has 16 heavy (non-hydrogen) atoms. The zero-order chi connectivity index (χ0) is 11.8. The van der Waals surface area contributed by atoms with Crippen LogP contribution in [-0.4, -0.2) is 50.8 Å². The predicted molar refractivity (Wildman–Crippen MR) is 68.8 cm³/mol. The molecule has 1 aliphatic rings. The summed E-state index contributed by atoms with van der Waals surface area (Å²) in [6.45, 7) is 9.56. The molecule has 0 spiro atoms. The van der Waals surface area contributed by atoms with Crippen molar-refractivity contribution in [1.29, 1.82) is 0 Å². The van der Waals surface area contributed by atoms with E-state index < -0.39 is 0 Å². The van der Waals surface area contributed by atoms with Gasteiger partial charge < -0.3 is 15.0 Å². The highest BCUT2D eigenvalue weighted by molar-refractivity contribution is 4.75. The highest BCUT2D eigenvalue weighted by Gasteiger charge is 2.19. The second kappa shape index (κ2) is 8.04. The lowest BCUT2D eigenvalue weighted by Gasteiger charge is -2.19. The SMILES string of the molecule is CC(C)CNCCOCCC1CCCN1C. The molecule has 3 nitrogen and oxygen atoms in total. The summed E-state index contributed by atoms with van der Waals surface area (Å²) in [6.07, 6.45) is 3.91. The first-order valence-corrected chi connectivity index (χ1v) is 6.69. The van der Waals surface area contributed by atoms with Crippen LogP contribution in [0.1, 0.15) is 33.1 Å². The van der Waals surface area contributed by atoms with Gasteiger partial charge in [0.1, 0.15) is 0 Å². The van der Waals surface area contributed by atoms with Gasteiger partial charge in [-0.3, -0.25) is 0 Å². The van der Waals surface area contributed by atoms with Gasteiger partial charge in [0.2, 0.25) is 0 Å². The first-order valence-electron chi connectivity index (χ1n) is 6.69. The maximum Gasteiger partial charge on any atom is 0.0590 e. The average molecular weight is 228 g/mol. The molecule has 1 saturated heterocycles. The lowest BCUT2D eigenvalue weighted by Crippen LogP contribution is -2.27. The number of hydrogen-bond acceptors (Lipinski definition) is 3. The minimum Gasteiger partial charge on any atom is -0.380 e. The second-order valence-corrected chi connectivity index (χ2v) is 5.28. The number of ether oxygens (including phenoxy) is 1. The van der Waals surface area contributed by atoms with Crippen molar-refractivity contribution in [2.75, 3.05) is 39.9 Å². The summed E-state index contributed by atoms with van der Waals surface area (Å²) in [5, 5.41) is 3.39. The van der Waals surface area contributed by atoms with Gasteiger partial charge in [-0.2, -0.15) is 0 Å². The van der Waals surface area contributed by atoms with Gasteiger partial charge in [0.25, 0.3) is 0 Å². The molecule has 0 radical (unpaired) electrons. The molecular weight excluding hydrogens is 200 g/mol. The lowest BCUT2D eigenvalue weighted by atomic mass is 10.1. The van der Waals surface area contributed by atoms with Crippen molar-refractivity contribution in [2.24, 2.45) is 5.92 Å². The molecule has 1 unspecified atom stereocenters. The average Bonchev–Trinajstić information content (AvgIpc) is 2.62. The van der Waals surface area contributed by atoms with E-state index in [-0.39, 0.29) is 0 Å². The minimum atomic E-state index is 0.729. The highest BCUT2D eigenvalue weighted by Crippen LogP contribution is 2.17. The van der Waals surface area contributed by atoms with Crippen molar-refractivity contribution >= 4 is 0 Å². The summed E-state index contributed by atoms with van der Waals surface area (Å²) in [4.78, 5) is 2.46. The number of nitrogens with zero attached hydrogens (tertiary/aromatic N) is 1. The van der Waals surface area contributed by atoms with Crippen LogP contribution in [-0.2, 0) is 4.74 Å². The predicted octanol–water partition coefficient (Wildman–Crippen LogP) is 1.73. The number of rotatable bonds is 8. The number of hydrogen-bond donors (Lipinski definition) is 1. The quantitative estimate of drug-likeness (QED) is 0.640. The van der Waals surface area contributed by atoms with Gasteiger partial charge >= 0.3 is 0 Å². The van der Waals surface area contributed by atoms with Crippen LogP contribution >= 0.6 is 0 Å². The van der Waals surface area contributed by atoms with E-state index in [0.717, 1.165) is 38.3 Å². The molecule has 3 heteroatoms. The summed E-state index contributed by atoms with van der Waals surface area (Å²) in [6, 6.07) is 0.767. The lowest BCUT2D eigenvalue weighted by molar-refractivity contribution is 0.114. The van der Waals surface area contributed by atoms with Crippen LogP contribution in [0.15, 0.2) is 0 Å². The van der Waals surface area contributed by atoms with Gasteiger partial charge in [0.05, 0.1) is 6.61 Å². The zero-order valence-corrected chi connectivity index (χ0v) is 11.2. The Morgan fingerprint density at radius 2 is 2.19 bits per heavy atom. The Morgan fingerprint density at radius 3 is 2.81 bits per heavy atom. The molecule has 1 atom stereocenters. The van der Waals surface area contributed by atoms with Gasteiger partial charge in [-0.1, -0.05) is 13.8 Å². The molecule has 0 aromatic rings. The van der Waals surface area contributed by atoms with Crippen LogP contribution in [0.4, 0.5) is 0 Å². The fraction of sp³-hybridized carbons (Fsp3) is 1.00. The van der Waals surface area contributed by atoms with Crippen molar-refractivity contribution in [1.82, 2.24) is 10.2 Å². The third-order valence-electron chi connectivity index (χ3n) is 3.24. The van der Waals surface area contributed by atoms with Crippen molar-refractivity contribution in [3.8, 4) is 0 Å². The Labute approximate surface area is 101 Å². The van der Waals surface area contributed by atoms with Crippen LogP contribution in [0, 0.1) is 5.92 Å². The molecule has 1 rings (SSSR count). The van der Waals surface area contributed by atoms with E-state index in [0.29, 0.717) is 0 Å². The third-order valence-corrected chi connectivity index (χ3v) is 3.24. The van der Waals surface area contributed by atoms with E-state index in [4.69, 9.17) is 4.74 Å². The summed E-state index contributed by atoms with van der Waals surface area (Å²) < 4.78 is 5.64. The summed E-state index contributed by atoms with van der Waals surface area (Å²) in [7, 11) is 2.22. The molecular formula is C13H28N2O. The van der Waals surface area contributed by atoms with Crippen LogP contribution < -0.4 is 5.32 Å². The normalized spacial score (nSPS) is 22.1. The van der Waals surface area contributed by atoms with E-state index in [1.807, 2.05) is 0 Å². The van der Waals surface area contributed by atoms with E-state index in [9.17, 15) is 0 Å². The molecule has 0 aromatic heterocycles. The van der Waals surface area contributed by atoms with E-state index in [1.165, 1.54) is 25.8 Å². The molecule has 1 N–H and O–H groups in total. The van der Waals surface area contributed by atoms with Crippen molar-refractivity contribution < 1.29 is 4.74 Å². The Balaban J connectivity index is 1.84. The molecule has 0 aliphatic carbocycles. The van der Waals surface area contributed by atoms with Gasteiger partial charge in [-0.25, -0.2) is 0 Å². The molecule has 1 fully saturated rings. The van der Waals surface area contributed by atoms with E-state index in [2.05, 4.69) is 31.1 Å². The van der Waals surface area contributed by atoms with Crippen LogP contribution in [0.5, 0.6) is 0 Å². The zero-order valence-electron chi connectivity index (χ0n) is 11.2. The molecule has 0 amide bonds. The van der Waals surface area contributed by atoms with Crippen molar-refractivity contribution in [2.45, 2.75) is 39.2 Å². The van der Waals surface area contributed by atoms with Gasteiger partial charge in [0, 0.05) is 19.2 Å². The molecule has 1 heterocycles. The molecule has 0 aromatic carbocycles. The standard InChI is InChI=1S/C13H28N2O/c1-12(2)11-14-7-10-16-9-6-13-5-4-8-15(13)3/h12-14H,4-11H2,1-3H3. The highest BCUT2D eigenvalue weighted by atomic mass is 16.5. The van der Waals surface area contributed by atoms with Crippen LogP contribution in [0.2, 0.25) is 0 Å². The summed E-state index contributed by atoms with van der Waals surface area (Å²) >= 11 is 0. The Morgan fingerprint density at radius 1 is 1.38 bits per heavy atom. The summed E-state index contributed by atoms with van der Waals surface area (Å²) in [5.41, 5.74) is 0. The number of likely N-dealkylation sites (tertiary alicyclic amines) is 1. The maximum absolute atomic E-state index is 5.64. The topological polar surface area (TPSA) is 24.5 Å². The third kappa shape index (κ3) is 5.83. The van der Waals surface area contributed by atoms with Crippen LogP contribution in [0.3, 0.4) is 0 Å². The Kier molecular flexibility index (Phi) is 7.01. The molecule has 1 aliphatic heterocycles.